The lowest BCUT2D eigenvalue weighted by molar-refractivity contribution is -0.119. The Hall–Kier alpha value is -3.22. The molecule has 3 aromatic rings. The molecule has 1 aromatic heterocycles. The molecule has 1 fully saturated rings. The maximum Gasteiger partial charge on any atom is 0.256 e. The first-order valence-corrected chi connectivity index (χ1v) is 10.7. The van der Waals surface area contributed by atoms with E-state index in [1.807, 2.05) is 54.7 Å². The van der Waals surface area contributed by atoms with E-state index in [9.17, 15) is 9.59 Å². The summed E-state index contributed by atoms with van der Waals surface area (Å²) in [6, 6.07) is 15.7. The van der Waals surface area contributed by atoms with Crippen molar-refractivity contribution in [1.29, 1.82) is 0 Å². The number of nitrogens with one attached hydrogen (secondary N) is 2. The van der Waals surface area contributed by atoms with Crippen LogP contribution < -0.4 is 5.32 Å². The summed E-state index contributed by atoms with van der Waals surface area (Å²) in [5.74, 6) is -0.0107. The van der Waals surface area contributed by atoms with Crippen LogP contribution in [0.25, 0.3) is 22.0 Å². The fourth-order valence-corrected chi connectivity index (χ4v) is 4.56. The van der Waals surface area contributed by atoms with Crippen molar-refractivity contribution in [2.24, 2.45) is 0 Å². The summed E-state index contributed by atoms with van der Waals surface area (Å²) in [5.41, 5.74) is 4.97. The van der Waals surface area contributed by atoms with Crippen LogP contribution in [-0.4, -0.2) is 66.2 Å². The number of H-pyrrole nitrogens is 1. The summed E-state index contributed by atoms with van der Waals surface area (Å²) in [4.78, 5) is 34.0. The molecule has 2 aliphatic heterocycles. The predicted octanol–water partition coefficient (Wildman–Crippen LogP) is 3.24. The highest BCUT2D eigenvalue weighted by Gasteiger charge is 2.30. The summed E-state index contributed by atoms with van der Waals surface area (Å²) in [7, 11) is 2.11. The lowest BCUT2D eigenvalue weighted by Crippen LogP contribution is -2.46. The Morgan fingerprint density at radius 1 is 1.00 bits per heavy atom. The zero-order chi connectivity index (χ0) is 21.4. The molecular weight excluding hydrogens is 388 g/mol. The lowest BCUT2D eigenvalue weighted by atomic mass is 9.91. The van der Waals surface area contributed by atoms with E-state index in [0.29, 0.717) is 12.1 Å². The van der Waals surface area contributed by atoms with Gasteiger partial charge in [0.05, 0.1) is 12.1 Å². The molecule has 6 heteroatoms. The van der Waals surface area contributed by atoms with Crippen molar-refractivity contribution in [3.05, 3.63) is 65.9 Å². The number of piperazine rings is 1. The van der Waals surface area contributed by atoms with E-state index in [0.717, 1.165) is 59.5 Å². The van der Waals surface area contributed by atoms with E-state index >= 15 is 0 Å². The predicted molar refractivity (Wildman–Crippen MR) is 124 cm³/mol. The van der Waals surface area contributed by atoms with E-state index in [-0.39, 0.29) is 18.1 Å². The van der Waals surface area contributed by atoms with E-state index < -0.39 is 0 Å². The fourth-order valence-electron chi connectivity index (χ4n) is 4.56. The summed E-state index contributed by atoms with van der Waals surface area (Å²) in [5, 5.41) is 3.99. The Balaban J connectivity index is 1.54. The van der Waals surface area contributed by atoms with Gasteiger partial charge >= 0.3 is 0 Å². The molecule has 0 aliphatic carbocycles. The van der Waals surface area contributed by atoms with Gasteiger partial charge in [-0.1, -0.05) is 36.4 Å². The number of rotatable bonds is 5. The van der Waals surface area contributed by atoms with Crippen molar-refractivity contribution < 1.29 is 9.59 Å². The maximum atomic E-state index is 13.2. The number of allylic oxidation sites excluding steroid dienone is 1. The van der Waals surface area contributed by atoms with E-state index in [1.54, 1.807) is 0 Å². The Kier molecular flexibility index (Phi) is 5.18. The van der Waals surface area contributed by atoms with Gasteiger partial charge in [0, 0.05) is 66.5 Å². The van der Waals surface area contributed by atoms with E-state index in [1.165, 1.54) is 0 Å². The normalized spacial score (nSPS) is 18.8. The molecule has 0 unspecified atom stereocenters. The van der Waals surface area contributed by atoms with Gasteiger partial charge in [-0.15, -0.1) is 0 Å². The van der Waals surface area contributed by atoms with Gasteiger partial charge in [0.2, 0.25) is 0 Å². The molecule has 6 nitrogen and oxygen atoms in total. The van der Waals surface area contributed by atoms with Gasteiger partial charge in [-0.05, 0) is 24.8 Å². The van der Waals surface area contributed by atoms with Gasteiger partial charge in [0.15, 0.2) is 5.78 Å². The second-order valence-electron chi connectivity index (χ2n) is 8.40. The summed E-state index contributed by atoms with van der Waals surface area (Å²) >= 11 is 0. The zero-order valence-electron chi connectivity index (χ0n) is 17.6. The van der Waals surface area contributed by atoms with Gasteiger partial charge < -0.3 is 15.2 Å². The van der Waals surface area contributed by atoms with Crippen molar-refractivity contribution in [3.8, 4) is 0 Å². The fraction of sp³-hybridized carbons (Fsp3) is 0.280. The average Bonchev–Trinajstić information content (AvgIpc) is 3.34. The topological polar surface area (TPSA) is 68.4 Å². The molecule has 3 heterocycles. The van der Waals surface area contributed by atoms with Gasteiger partial charge in [-0.2, -0.15) is 0 Å². The van der Waals surface area contributed by atoms with Crippen molar-refractivity contribution in [2.75, 3.05) is 45.1 Å². The van der Waals surface area contributed by atoms with Crippen LogP contribution in [0.4, 0.5) is 5.69 Å². The number of para-hydroxylation sites is 2. The summed E-state index contributed by atoms with van der Waals surface area (Å²) in [6.45, 7) is 4.14. The Labute approximate surface area is 181 Å². The van der Waals surface area contributed by atoms with Crippen LogP contribution in [0.5, 0.6) is 0 Å². The van der Waals surface area contributed by atoms with Gasteiger partial charge in [-0.25, -0.2) is 0 Å². The minimum absolute atomic E-state index is 0.134. The number of ketones is 1. The Morgan fingerprint density at radius 2 is 1.74 bits per heavy atom. The Morgan fingerprint density at radius 3 is 2.58 bits per heavy atom. The Bertz CT molecular complexity index is 1180. The summed E-state index contributed by atoms with van der Waals surface area (Å²) in [6.07, 6.45) is 2.15. The van der Waals surface area contributed by atoms with Gasteiger partial charge in [0.25, 0.3) is 5.91 Å². The van der Waals surface area contributed by atoms with Crippen LogP contribution in [0.2, 0.25) is 0 Å². The SMILES string of the molecule is CN1CCN(CC(=O)CC(=C2C(=O)Nc3ccccc32)c2c[nH]c3ccccc23)CC1. The number of hydrogen-bond donors (Lipinski definition) is 2. The number of aromatic amines is 1. The summed E-state index contributed by atoms with van der Waals surface area (Å²) < 4.78 is 0. The van der Waals surface area contributed by atoms with E-state index in [2.05, 4.69) is 27.1 Å². The number of Topliss-reactive ketones (excluding diaryl/α,β-unsaturated/α-hetero) is 1. The van der Waals surface area contributed by atoms with Crippen LogP contribution in [0.3, 0.4) is 0 Å². The van der Waals surface area contributed by atoms with Crippen LogP contribution >= 0.6 is 0 Å². The molecule has 2 aromatic carbocycles. The number of fused-ring (bicyclic) bond motifs is 2. The van der Waals surface area contributed by atoms with Crippen LogP contribution in [-0.2, 0) is 9.59 Å². The lowest BCUT2D eigenvalue weighted by Gasteiger charge is -2.31. The number of benzene rings is 2. The molecule has 31 heavy (non-hydrogen) atoms. The van der Waals surface area contributed by atoms with Crippen molar-refractivity contribution >= 4 is 39.4 Å². The number of hydrogen-bond acceptors (Lipinski definition) is 4. The third-order valence-electron chi connectivity index (χ3n) is 6.26. The monoisotopic (exact) mass is 414 g/mol. The first-order valence-electron chi connectivity index (χ1n) is 10.7. The molecule has 0 spiro atoms. The molecular formula is C25H26N4O2. The van der Waals surface area contributed by atoms with Crippen molar-refractivity contribution in [1.82, 2.24) is 14.8 Å². The van der Waals surface area contributed by atoms with E-state index in [4.69, 9.17) is 0 Å². The molecule has 0 atom stereocenters. The second-order valence-corrected chi connectivity index (χ2v) is 8.40. The largest absolute Gasteiger partial charge is 0.361 e. The first kappa shape index (κ1) is 19.7. The third-order valence-corrected chi connectivity index (χ3v) is 6.26. The van der Waals surface area contributed by atoms with Gasteiger partial charge in [0.1, 0.15) is 0 Å². The minimum Gasteiger partial charge on any atom is -0.361 e. The number of amides is 1. The highest BCUT2D eigenvalue weighted by Crippen LogP contribution is 2.40. The van der Waals surface area contributed by atoms with Crippen LogP contribution in [0.1, 0.15) is 17.5 Å². The standard InChI is InChI=1S/C25H26N4O2/c1-28-10-12-29(13-11-28)16-17(30)14-20(21-15-26-22-8-4-2-6-18(21)22)24-19-7-3-5-9-23(19)27-25(24)31/h2-9,15,26H,10-14,16H2,1H3,(H,27,31). The van der Waals surface area contributed by atoms with Crippen molar-refractivity contribution in [2.45, 2.75) is 6.42 Å². The molecule has 0 radical (unpaired) electrons. The number of anilines is 1. The van der Waals surface area contributed by atoms with Crippen LogP contribution in [0, 0.1) is 0 Å². The molecule has 1 saturated heterocycles. The maximum absolute atomic E-state index is 13.2. The molecule has 2 aliphatic rings. The quantitative estimate of drug-likeness (QED) is 0.629. The smallest absolute Gasteiger partial charge is 0.256 e. The molecule has 158 valence electrons. The highest BCUT2D eigenvalue weighted by molar-refractivity contribution is 6.38. The number of carbonyl (C=O) groups excluding carboxylic acids is 2. The molecule has 5 rings (SSSR count). The molecule has 1 amide bonds. The number of likely N-dealkylation sites (N-methyl/N-ethyl adjacent to an activating group) is 1. The third kappa shape index (κ3) is 3.80. The first-order chi connectivity index (χ1) is 15.1. The number of nitrogens with zero attached hydrogens (tertiary/aromatic N) is 2. The second kappa shape index (κ2) is 8.13. The van der Waals surface area contributed by atoms with Gasteiger partial charge in [-0.3, -0.25) is 14.5 Å². The van der Waals surface area contributed by atoms with Crippen molar-refractivity contribution in [3.63, 3.8) is 0 Å². The molecule has 0 saturated carbocycles. The number of aromatic nitrogens is 1. The molecule has 2 N–H and O–H groups in total. The number of carbonyl (C=O) groups is 2. The minimum atomic E-state index is -0.145. The van der Waals surface area contributed by atoms with Crippen LogP contribution in [0.15, 0.2) is 54.7 Å². The highest BCUT2D eigenvalue weighted by atomic mass is 16.2. The molecule has 0 bridgehead atoms. The average molecular weight is 415 g/mol. The zero-order valence-corrected chi connectivity index (χ0v) is 17.6.